The molecule has 0 spiro atoms. The zero-order valence-corrected chi connectivity index (χ0v) is 12.0. The number of halogens is 3. The van der Waals surface area contributed by atoms with Gasteiger partial charge in [0, 0.05) is 18.0 Å². The maximum atomic E-state index is 12.6. The number of hydrogen-bond acceptors (Lipinski definition) is 2. The Labute approximate surface area is 113 Å². The Bertz CT molecular complexity index is 304. The fourth-order valence-electron chi connectivity index (χ4n) is 3.04. The maximum absolute atomic E-state index is 12.6. The molecule has 0 saturated heterocycles. The lowest BCUT2D eigenvalue weighted by Gasteiger charge is -2.41. The number of carbonyl (C=O) groups excluding carboxylic acids is 1. The summed E-state index contributed by atoms with van der Waals surface area (Å²) < 4.78 is 37.8. The highest BCUT2D eigenvalue weighted by atomic mass is 19.4. The van der Waals surface area contributed by atoms with Crippen LogP contribution in [-0.2, 0) is 4.79 Å². The van der Waals surface area contributed by atoms with Crippen molar-refractivity contribution in [1.82, 2.24) is 4.90 Å². The number of carbonyl (C=O) groups is 1. The number of alkyl halides is 3. The summed E-state index contributed by atoms with van der Waals surface area (Å²) in [7, 11) is 0. The maximum Gasteiger partial charge on any atom is 0.401 e. The van der Waals surface area contributed by atoms with Crippen LogP contribution in [0.5, 0.6) is 0 Å². The van der Waals surface area contributed by atoms with Gasteiger partial charge in [0.25, 0.3) is 0 Å². The van der Waals surface area contributed by atoms with Gasteiger partial charge in [0.15, 0.2) is 0 Å². The molecule has 1 fully saturated rings. The molecular formula is C14H24F3NO. The molecule has 0 radical (unpaired) electrons. The van der Waals surface area contributed by atoms with Gasteiger partial charge in [-0.05, 0) is 32.6 Å². The van der Waals surface area contributed by atoms with Crippen molar-refractivity contribution in [3.05, 3.63) is 0 Å². The number of nitrogens with zero attached hydrogens (tertiary/aromatic N) is 1. The van der Waals surface area contributed by atoms with Crippen molar-refractivity contribution in [3.8, 4) is 0 Å². The molecular weight excluding hydrogens is 255 g/mol. The van der Waals surface area contributed by atoms with Gasteiger partial charge in [-0.25, -0.2) is 0 Å². The van der Waals surface area contributed by atoms with Gasteiger partial charge in [0.2, 0.25) is 0 Å². The Morgan fingerprint density at radius 2 is 2.05 bits per heavy atom. The quantitative estimate of drug-likeness (QED) is 0.716. The molecule has 1 saturated carbocycles. The van der Waals surface area contributed by atoms with Gasteiger partial charge in [0.05, 0.1) is 6.54 Å². The van der Waals surface area contributed by atoms with E-state index in [1.807, 2.05) is 0 Å². The lowest BCUT2D eigenvalue weighted by atomic mass is 9.70. The van der Waals surface area contributed by atoms with Gasteiger partial charge < -0.3 is 4.79 Å². The van der Waals surface area contributed by atoms with Crippen LogP contribution in [0.2, 0.25) is 0 Å². The molecule has 0 aliphatic heterocycles. The summed E-state index contributed by atoms with van der Waals surface area (Å²) in [6.45, 7) is 4.85. The van der Waals surface area contributed by atoms with Crippen molar-refractivity contribution in [2.24, 2.45) is 11.3 Å². The topological polar surface area (TPSA) is 20.3 Å². The second kappa shape index (κ2) is 6.25. The normalized spacial score (nSPS) is 28.9. The van der Waals surface area contributed by atoms with E-state index < -0.39 is 18.1 Å². The van der Waals surface area contributed by atoms with Crippen molar-refractivity contribution < 1.29 is 18.0 Å². The van der Waals surface area contributed by atoms with Crippen molar-refractivity contribution in [2.75, 3.05) is 13.1 Å². The lowest BCUT2D eigenvalue weighted by molar-refractivity contribution is -0.156. The minimum Gasteiger partial charge on any atom is -0.303 e. The molecule has 0 aromatic carbocycles. The molecule has 0 aromatic heterocycles. The molecule has 0 bridgehead atoms. The predicted octanol–water partition coefficient (Wildman–Crippen LogP) is 3.65. The van der Waals surface area contributed by atoms with Crippen LogP contribution in [0, 0.1) is 11.3 Å². The first-order valence-electron chi connectivity index (χ1n) is 6.94. The zero-order chi connectivity index (χ0) is 14.7. The van der Waals surface area contributed by atoms with Crippen LogP contribution in [0.15, 0.2) is 0 Å². The van der Waals surface area contributed by atoms with E-state index >= 15 is 0 Å². The molecule has 19 heavy (non-hydrogen) atoms. The summed E-state index contributed by atoms with van der Waals surface area (Å²) in [5.41, 5.74) is -0.590. The van der Waals surface area contributed by atoms with Gasteiger partial charge >= 0.3 is 6.18 Å². The van der Waals surface area contributed by atoms with E-state index in [1.54, 1.807) is 13.8 Å². The van der Waals surface area contributed by atoms with E-state index in [2.05, 4.69) is 6.92 Å². The number of rotatable bonds is 5. The molecule has 2 nitrogen and oxygen atoms in total. The fraction of sp³-hybridized carbons (Fsp3) is 0.929. The zero-order valence-electron chi connectivity index (χ0n) is 12.0. The van der Waals surface area contributed by atoms with Crippen molar-refractivity contribution >= 4 is 6.29 Å². The minimum atomic E-state index is -4.21. The first-order chi connectivity index (χ1) is 8.67. The molecule has 0 N–H and O–H groups in total. The first-order valence-corrected chi connectivity index (χ1v) is 6.94. The van der Waals surface area contributed by atoms with Gasteiger partial charge in [-0.3, -0.25) is 4.90 Å². The van der Waals surface area contributed by atoms with Crippen LogP contribution in [-0.4, -0.2) is 36.5 Å². The average Bonchev–Trinajstić information content (AvgIpc) is 2.26. The Kier molecular flexibility index (Phi) is 5.42. The van der Waals surface area contributed by atoms with E-state index in [1.165, 1.54) is 4.90 Å². The van der Waals surface area contributed by atoms with Crippen LogP contribution in [0.4, 0.5) is 13.2 Å². The van der Waals surface area contributed by atoms with E-state index in [4.69, 9.17) is 0 Å². The van der Waals surface area contributed by atoms with Gasteiger partial charge in [-0.1, -0.05) is 19.8 Å². The second-order valence-corrected chi connectivity index (χ2v) is 6.30. The van der Waals surface area contributed by atoms with E-state index in [0.717, 1.165) is 19.1 Å². The fourth-order valence-corrected chi connectivity index (χ4v) is 3.04. The standard InChI is InChI=1S/C14H24F3NO/c1-11(2)18(9-14(15,16)17)8-13(10-19)6-4-5-12(3)7-13/h10-12H,4-9H2,1-3H3. The summed E-state index contributed by atoms with van der Waals surface area (Å²) in [6, 6.07) is -0.212. The monoisotopic (exact) mass is 279 g/mol. The van der Waals surface area contributed by atoms with Crippen LogP contribution >= 0.6 is 0 Å². The molecule has 2 atom stereocenters. The number of hydrogen-bond donors (Lipinski definition) is 0. The van der Waals surface area contributed by atoms with Crippen molar-refractivity contribution in [3.63, 3.8) is 0 Å². The molecule has 1 aliphatic rings. The van der Waals surface area contributed by atoms with Crippen LogP contribution in [0.25, 0.3) is 0 Å². The van der Waals surface area contributed by atoms with E-state index in [9.17, 15) is 18.0 Å². The van der Waals surface area contributed by atoms with Crippen LogP contribution in [0.1, 0.15) is 46.5 Å². The predicted molar refractivity (Wildman–Crippen MR) is 68.9 cm³/mol. The minimum absolute atomic E-state index is 0.212. The lowest BCUT2D eigenvalue weighted by Crippen LogP contribution is -2.47. The van der Waals surface area contributed by atoms with E-state index in [0.29, 0.717) is 18.8 Å². The third kappa shape index (κ3) is 5.13. The third-order valence-corrected chi connectivity index (χ3v) is 4.01. The van der Waals surface area contributed by atoms with Crippen LogP contribution < -0.4 is 0 Å². The van der Waals surface area contributed by atoms with Crippen molar-refractivity contribution in [1.29, 1.82) is 0 Å². The number of aldehydes is 1. The molecule has 0 amide bonds. The first kappa shape index (κ1) is 16.5. The smallest absolute Gasteiger partial charge is 0.303 e. The SMILES string of the molecule is CC1CCCC(C=O)(CN(CC(F)(F)F)C(C)C)C1. The van der Waals surface area contributed by atoms with Gasteiger partial charge in [-0.2, -0.15) is 13.2 Å². The van der Waals surface area contributed by atoms with Crippen LogP contribution in [0.3, 0.4) is 0 Å². The Morgan fingerprint density at radius 1 is 1.42 bits per heavy atom. The average molecular weight is 279 g/mol. The highest BCUT2D eigenvalue weighted by Crippen LogP contribution is 2.39. The second-order valence-electron chi connectivity index (χ2n) is 6.30. The molecule has 112 valence electrons. The largest absolute Gasteiger partial charge is 0.401 e. The summed E-state index contributed by atoms with van der Waals surface area (Å²) in [5, 5.41) is 0. The molecule has 2 unspecified atom stereocenters. The third-order valence-electron chi connectivity index (χ3n) is 4.01. The molecule has 5 heteroatoms. The summed E-state index contributed by atoms with van der Waals surface area (Å²) in [5.74, 6) is 0.416. The highest BCUT2D eigenvalue weighted by molar-refractivity contribution is 5.60. The molecule has 0 aromatic rings. The Balaban J connectivity index is 2.77. The molecule has 1 rings (SSSR count). The van der Waals surface area contributed by atoms with Gasteiger partial charge in [0.1, 0.15) is 6.29 Å². The van der Waals surface area contributed by atoms with E-state index in [-0.39, 0.29) is 12.6 Å². The summed E-state index contributed by atoms with van der Waals surface area (Å²) >= 11 is 0. The summed E-state index contributed by atoms with van der Waals surface area (Å²) in [4.78, 5) is 12.8. The molecule has 1 aliphatic carbocycles. The van der Waals surface area contributed by atoms with Gasteiger partial charge in [-0.15, -0.1) is 0 Å². The Hall–Kier alpha value is -0.580. The summed E-state index contributed by atoms with van der Waals surface area (Å²) in [6.07, 6.45) is 0.0942. The Morgan fingerprint density at radius 3 is 2.47 bits per heavy atom. The molecule has 0 heterocycles. The van der Waals surface area contributed by atoms with Crippen molar-refractivity contribution in [2.45, 2.75) is 58.7 Å². The highest BCUT2D eigenvalue weighted by Gasteiger charge is 2.40.